The van der Waals surface area contributed by atoms with Crippen LogP contribution < -0.4 is 5.32 Å². The van der Waals surface area contributed by atoms with Crippen molar-refractivity contribution in [3.05, 3.63) is 35.9 Å². The molecule has 106 valence electrons. The zero-order chi connectivity index (χ0) is 14.4. The third-order valence-corrected chi connectivity index (χ3v) is 3.80. The monoisotopic (exact) mass is 292 g/mol. The van der Waals surface area contributed by atoms with Gasteiger partial charge >= 0.3 is 12.0 Å². The third kappa shape index (κ3) is 4.31. The molecule has 0 spiro atoms. The SMILES string of the molecule is O=C(O)/C=C/c1cccc(NC(=O)N2CCSCC2)c1. The van der Waals surface area contributed by atoms with Gasteiger partial charge in [0.1, 0.15) is 0 Å². The number of rotatable bonds is 3. The average Bonchev–Trinajstić information content (AvgIpc) is 2.46. The molecule has 1 saturated heterocycles. The predicted molar refractivity (Wildman–Crippen MR) is 81.0 cm³/mol. The highest BCUT2D eigenvalue weighted by molar-refractivity contribution is 7.99. The lowest BCUT2D eigenvalue weighted by molar-refractivity contribution is -0.131. The van der Waals surface area contributed by atoms with Gasteiger partial charge in [-0.15, -0.1) is 0 Å². The number of carbonyl (C=O) groups is 2. The summed E-state index contributed by atoms with van der Waals surface area (Å²) in [5.41, 5.74) is 1.40. The fourth-order valence-electron chi connectivity index (χ4n) is 1.86. The highest BCUT2D eigenvalue weighted by atomic mass is 32.2. The summed E-state index contributed by atoms with van der Waals surface area (Å²) in [6, 6.07) is 6.99. The highest BCUT2D eigenvalue weighted by Gasteiger charge is 2.16. The van der Waals surface area contributed by atoms with E-state index in [-0.39, 0.29) is 6.03 Å². The number of nitrogens with zero attached hydrogens (tertiary/aromatic N) is 1. The third-order valence-electron chi connectivity index (χ3n) is 2.85. The van der Waals surface area contributed by atoms with Crippen LogP contribution in [0.25, 0.3) is 6.08 Å². The fourth-order valence-corrected chi connectivity index (χ4v) is 2.76. The largest absolute Gasteiger partial charge is 0.478 e. The van der Waals surface area contributed by atoms with Gasteiger partial charge in [-0.05, 0) is 23.8 Å². The van der Waals surface area contributed by atoms with Gasteiger partial charge in [-0.1, -0.05) is 12.1 Å². The molecular weight excluding hydrogens is 276 g/mol. The summed E-state index contributed by atoms with van der Waals surface area (Å²) >= 11 is 1.85. The molecular formula is C14H16N2O3S. The number of anilines is 1. The number of hydrogen-bond acceptors (Lipinski definition) is 3. The van der Waals surface area contributed by atoms with Crippen LogP contribution in [-0.2, 0) is 4.79 Å². The van der Waals surface area contributed by atoms with E-state index in [4.69, 9.17) is 5.11 Å². The van der Waals surface area contributed by atoms with Crippen molar-refractivity contribution in [2.45, 2.75) is 0 Å². The van der Waals surface area contributed by atoms with E-state index in [9.17, 15) is 9.59 Å². The molecule has 0 bridgehead atoms. The molecule has 2 rings (SSSR count). The van der Waals surface area contributed by atoms with E-state index in [1.165, 1.54) is 6.08 Å². The molecule has 0 saturated carbocycles. The number of urea groups is 1. The number of aliphatic carboxylic acids is 1. The van der Waals surface area contributed by atoms with E-state index in [2.05, 4.69) is 5.32 Å². The zero-order valence-electron chi connectivity index (χ0n) is 10.9. The predicted octanol–water partition coefficient (Wildman–Crippen LogP) is 2.37. The molecule has 6 heteroatoms. The molecule has 0 aromatic heterocycles. The Balaban J connectivity index is 2.00. The van der Waals surface area contributed by atoms with Crippen LogP contribution in [-0.4, -0.2) is 46.6 Å². The maximum Gasteiger partial charge on any atom is 0.328 e. The number of amides is 2. The summed E-state index contributed by atoms with van der Waals surface area (Å²) in [5, 5.41) is 11.4. The van der Waals surface area contributed by atoms with E-state index in [1.807, 2.05) is 11.8 Å². The van der Waals surface area contributed by atoms with Gasteiger partial charge in [-0.3, -0.25) is 0 Å². The van der Waals surface area contributed by atoms with Crippen LogP contribution in [0.3, 0.4) is 0 Å². The second kappa shape index (κ2) is 7.00. The standard InChI is InChI=1S/C14H16N2O3S/c17-13(18)5-4-11-2-1-3-12(10-11)15-14(19)16-6-8-20-9-7-16/h1-5,10H,6-9H2,(H,15,19)(H,17,18)/b5-4+. The van der Waals surface area contributed by atoms with Crippen molar-refractivity contribution in [3.63, 3.8) is 0 Å². The minimum Gasteiger partial charge on any atom is -0.478 e. The first kappa shape index (κ1) is 14.5. The first-order chi connectivity index (χ1) is 9.65. The number of benzene rings is 1. The molecule has 2 amide bonds. The Morgan fingerprint density at radius 2 is 2.05 bits per heavy atom. The van der Waals surface area contributed by atoms with Gasteiger partial charge < -0.3 is 15.3 Å². The van der Waals surface area contributed by atoms with Crippen LogP contribution in [0.5, 0.6) is 0 Å². The average molecular weight is 292 g/mol. The van der Waals surface area contributed by atoms with E-state index >= 15 is 0 Å². The second-order valence-electron chi connectivity index (χ2n) is 4.33. The van der Waals surface area contributed by atoms with Crippen LogP contribution in [0, 0.1) is 0 Å². The normalized spacial score (nSPS) is 15.3. The smallest absolute Gasteiger partial charge is 0.328 e. The lowest BCUT2D eigenvalue weighted by Crippen LogP contribution is -2.40. The first-order valence-electron chi connectivity index (χ1n) is 6.30. The number of carbonyl (C=O) groups excluding carboxylic acids is 1. The Bertz CT molecular complexity index is 525. The molecule has 0 atom stereocenters. The van der Waals surface area contributed by atoms with Crippen LogP contribution in [0.1, 0.15) is 5.56 Å². The van der Waals surface area contributed by atoms with Crippen molar-refractivity contribution in [1.82, 2.24) is 4.90 Å². The van der Waals surface area contributed by atoms with Crippen LogP contribution in [0.4, 0.5) is 10.5 Å². The zero-order valence-corrected chi connectivity index (χ0v) is 11.7. The number of carboxylic acids is 1. The minimum atomic E-state index is -0.995. The van der Waals surface area contributed by atoms with Crippen molar-refractivity contribution in [1.29, 1.82) is 0 Å². The van der Waals surface area contributed by atoms with Crippen LogP contribution in [0.2, 0.25) is 0 Å². The molecule has 2 N–H and O–H groups in total. The van der Waals surface area contributed by atoms with Gasteiger partial charge in [-0.25, -0.2) is 9.59 Å². The Kier molecular flexibility index (Phi) is 5.06. The lowest BCUT2D eigenvalue weighted by atomic mass is 10.2. The topological polar surface area (TPSA) is 69.6 Å². The van der Waals surface area contributed by atoms with Gasteiger partial charge in [0.2, 0.25) is 0 Å². The Labute approximate surface area is 121 Å². The Hall–Kier alpha value is -1.95. The molecule has 5 nitrogen and oxygen atoms in total. The maximum absolute atomic E-state index is 12.0. The van der Waals surface area contributed by atoms with Gasteiger partial charge in [-0.2, -0.15) is 11.8 Å². The van der Waals surface area contributed by atoms with Crippen molar-refractivity contribution < 1.29 is 14.7 Å². The van der Waals surface area contributed by atoms with Gasteiger partial charge in [0, 0.05) is 36.4 Å². The van der Waals surface area contributed by atoms with Gasteiger partial charge in [0.05, 0.1) is 0 Å². The molecule has 0 unspecified atom stereocenters. The first-order valence-corrected chi connectivity index (χ1v) is 7.45. The molecule has 0 aliphatic carbocycles. The van der Waals surface area contributed by atoms with Crippen molar-refractivity contribution in [2.24, 2.45) is 0 Å². The molecule has 1 aliphatic heterocycles. The molecule has 1 aromatic rings. The summed E-state index contributed by atoms with van der Waals surface area (Å²) < 4.78 is 0. The number of hydrogen-bond donors (Lipinski definition) is 2. The Morgan fingerprint density at radius 3 is 2.75 bits per heavy atom. The fraction of sp³-hybridized carbons (Fsp3) is 0.286. The molecule has 1 aromatic carbocycles. The molecule has 0 radical (unpaired) electrons. The lowest BCUT2D eigenvalue weighted by Gasteiger charge is -2.26. The Morgan fingerprint density at radius 1 is 1.30 bits per heavy atom. The quantitative estimate of drug-likeness (QED) is 0.839. The summed E-state index contributed by atoms with van der Waals surface area (Å²) in [6.45, 7) is 1.52. The van der Waals surface area contributed by atoms with Crippen molar-refractivity contribution in [3.8, 4) is 0 Å². The van der Waals surface area contributed by atoms with E-state index in [0.717, 1.165) is 36.2 Å². The van der Waals surface area contributed by atoms with Crippen molar-refractivity contribution in [2.75, 3.05) is 29.9 Å². The number of nitrogens with one attached hydrogen (secondary N) is 1. The minimum absolute atomic E-state index is 0.107. The summed E-state index contributed by atoms with van der Waals surface area (Å²) in [6.07, 6.45) is 2.57. The summed E-state index contributed by atoms with van der Waals surface area (Å²) in [5.74, 6) is 0.939. The van der Waals surface area contributed by atoms with Crippen LogP contribution in [0.15, 0.2) is 30.3 Å². The van der Waals surface area contributed by atoms with Gasteiger partial charge in [0.25, 0.3) is 0 Å². The summed E-state index contributed by atoms with van der Waals surface area (Å²) in [7, 11) is 0. The molecule has 1 fully saturated rings. The highest BCUT2D eigenvalue weighted by Crippen LogP contribution is 2.15. The van der Waals surface area contributed by atoms with Crippen LogP contribution >= 0.6 is 11.8 Å². The molecule has 1 aliphatic rings. The molecule has 20 heavy (non-hydrogen) atoms. The van der Waals surface area contributed by atoms with Gasteiger partial charge in [0.15, 0.2) is 0 Å². The van der Waals surface area contributed by atoms with E-state index in [1.54, 1.807) is 29.2 Å². The van der Waals surface area contributed by atoms with E-state index < -0.39 is 5.97 Å². The number of carboxylic acid groups (broad SMARTS) is 1. The van der Waals surface area contributed by atoms with E-state index in [0.29, 0.717) is 5.69 Å². The number of thioether (sulfide) groups is 1. The second-order valence-corrected chi connectivity index (χ2v) is 5.55. The maximum atomic E-state index is 12.0. The van der Waals surface area contributed by atoms with Crippen molar-refractivity contribution >= 4 is 35.5 Å². The summed E-state index contributed by atoms with van der Waals surface area (Å²) in [4.78, 5) is 24.3. The molecule has 1 heterocycles.